The summed E-state index contributed by atoms with van der Waals surface area (Å²) in [5.74, 6) is 1.57. The zero-order chi connectivity index (χ0) is 13.7. The lowest BCUT2D eigenvalue weighted by atomic mass is 10.1. The number of hydrogen-bond acceptors (Lipinski definition) is 4. The summed E-state index contributed by atoms with van der Waals surface area (Å²) in [5.41, 5.74) is 1.71. The van der Waals surface area contributed by atoms with Crippen LogP contribution in [0.1, 0.15) is 18.4 Å². The number of rotatable bonds is 8. The fourth-order valence-electron chi connectivity index (χ4n) is 2.43. The summed E-state index contributed by atoms with van der Waals surface area (Å²) in [6.07, 6.45) is 2.65. The average molecular weight is 264 g/mol. The summed E-state index contributed by atoms with van der Waals surface area (Å²) in [5, 5.41) is 6.82. The summed E-state index contributed by atoms with van der Waals surface area (Å²) >= 11 is 0. The number of methoxy groups -OCH3 is 2. The molecule has 2 N–H and O–H groups in total. The van der Waals surface area contributed by atoms with Crippen molar-refractivity contribution in [3.63, 3.8) is 0 Å². The van der Waals surface area contributed by atoms with Crippen LogP contribution in [-0.4, -0.2) is 34.4 Å². The highest BCUT2D eigenvalue weighted by molar-refractivity contribution is 5.42. The van der Waals surface area contributed by atoms with Gasteiger partial charge in [0.05, 0.1) is 14.2 Å². The monoisotopic (exact) mass is 264 g/mol. The molecule has 0 atom stereocenters. The van der Waals surface area contributed by atoms with Crippen LogP contribution in [0.5, 0.6) is 11.5 Å². The number of ether oxygens (including phenoxy) is 2. The molecule has 1 aromatic carbocycles. The molecule has 1 aromatic rings. The zero-order valence-electron chi connectivity index (χ0n) is 12.1. The SMILES string of the molecule is CNCC1(CNCc2ccc(OC)c(OC)c2)CC1. The molecule has 0 spiro atoms. The van der Waals surface area contributed by atoms with Gasteiger partial charge in [0.25, 0.3) is 0 Å². The van der Waals surface area contributed by atoms with Crippen LogP contribution >= 0.6 is 0 Å². The van der Waals surface area contributed by atoms with E-state index in [9.17, 15) is 0 Å². The fraction of sp³-hybridized carbons (Fsp3) is 0.600. The number of benzene rings is 1. The Morgan fingerprint density at radius 1 is 1.11 bits per heavy atom. The van der Waals surface area contributed by atoms with E-state index in [-0.39, 0.29) is 0 Å². The van der Waals surface area contributed by atoms with Crippen molar-refractivity contribution in [3.8, 4) is 11.5 Å². The van der Waals surface area contributed by atoms with Crippen LogP contribution in [0.25, 0.3) is 0 Å². The second-order valence-corrected chi connectivity index (χ2v) is 5.32. The predicted octanol–water partition coefficient (Wildman–Crippen LogP) is 1.79. The van der Waals surface area contributed by atoms with E-state index >= 15 is 0 Å². The third-order valence-electron chi connectivity index (χ3n) is 3.79. The van der Waals surface area contributed by atoms with Gasteiger partial charge in [-0.1, -0.05) is 6.07 Å². The van der Waals surface area contributed by atoms with E-state index in [0.29, 0.717) is 5.41 Å². The Labute approximate surface area is 115 Å². The van der Waals surface area contributed by atoms with Gasteiger partial charge in [-0.2, -0.15) is 0 Å². The Morgan fingerprint density at radius 2 is 1.84 bits per heavy atom. The van der Waals surface area contributed by atoms with Gasteiger partial charge in [0, 0.05) is 19.6 Å². The van der Waals surface area contributed by atoms with Crippen molar-refractivity contribution in [2.24, 2.45) is 5.41 Å². The van der Waals surface area contributed by atoms with Gasteiger partial charge in [0.2, 0.25) is 0 Å². The van der Waals surface area contributed by atoms with Gasteiger partial charge in [0.15, 0.2) is 11.5 Å². The zero-order valence-corrected chi connectivity index (χ0v) is 12.1. The van der Waals surface area contributed by atoms with Crippen LogP contribution in [0.4, 0.5) is 0 Å². The molecule has 0 radical (unpaired) electrons. The molecule has 19 heavy (non-hydrogen) atoms. The molecule has 1 aliphatic rings. The smallest absolute Gasteiger partial charge is 0.161 e. The highest BCUT2D eigenvalue weighted by atomic mass is 16.5. The molecule has 4 heteroatoms. The lowest BCUT2D eigenvalue weighted by molar-refractivity contribution is 0.354. The molecule has 0 amide bonds. The Hall–Kier alpha value is -1.26. The van der Waals surface area contributed by atoms with Crippen molar-refractivity contribution < 1.29 is 9.47 Å². The fourth-order valence-corrected chi connectivity index (χ4v) is 2.43. The molecule has 0 saturated heterocycles. The summed E-state index contributed by atoms with van der Waals surface area (Å²) in [6.45, 7) is 3.04. The molecule has 1 saturated carbocycles. The molecular formula is C15H24N2O2. The van der Waals surface area contributed by atoms with E-state index < -0.39 is 0 Å². The Balaban J connectivity index is 1.86. The van der Waals surface area contributed by atoms with Crippen LogP contribution in [0.2, 0.25) is 0 Å². The van der Waals surface area contributed by atoms with Crippen molar-refractivity contribution in [1.82, 2.24) is 10.6 Å². The van der Waals surface area contributed by atoms with E-state index in [0.717, 1.165) is 31.1 Å². The van der Waals surface area contributed by atoms with Gasteiger partial charge in [-0.25, -0.2) is 0 Å². The maximum Gasteiger partial charge on any atom is 0.161 e. The van der Waals surface area contributed by atoms with Crippen LogP contribution in [-0.2, 0) is 6.54 Å². The summed E-state index contributed by atoms with van der Waals surface area (Å²) < 4.78 is 10.6. The third kappa shape index (κ3) is 3.61. The molecule has 4 nitrogen and oxygen atoms in total. The normalized spacial score (nSPS) is 16.2. The highest BCUT2D eigenvalue weighted by Gasteiger charge is 2.41. The van der Waals surface area contributed by atoms with E-state index in [4.69, 9.17) is 9.47 Å². The third-order valence-corrected chi connectivity index (χ3v) is 3.79. The highest BCUT2D eigenvalue weighted by Crippen LogP contribution is 2.44. The van der Waals surface area contributed by atoms with Crippen molar-refractivity contribution >= 4 is 0 Å². The van der Waals surface area contributed by atoms with E-state index in [1.165, 1.54) is 18.4 Å². The minimum atomic E-state index is 0.491. The molecule has 0 aliphatic heterocycles. The van der Waals surface area contributed by atoms with E-state index in [2.05, 4.69) is 16.7 Å². The predicted molar refractivity (Wildman–Crippen MR) is 76.8 cm³/mol. The lowest BCUT2D eigenvalue weighted by Gasteiger charge is -2.16. The topological polar surface area (TPSA) is 42.5 Å². The first-order valence-electron chi connectivity index (χ1n) is 6.79. The van der Waals surface area contributed by atoms with Gasteiger partial charge in [-0.3, -0.25) is 0 Å². The molecule has 0 heterocycles. The summed E-state index contributed by atoms with van der Waals surface area (Å²) in [7, 11) is 5.35. The summed E-state index contributed by atoms with van der Waals surface area (Å²) in [4.78, 5) is 0. The first-order chi connectivity index (χ1) is 9.23. The molecule has 0 bridgehead atoms. The van der Waals surface area contributed by atoms with Crippen molar-refractivity contribution in [2.45, 2.75) is 19.4 Å². The van der Waals surface area contributed by atoms with Gasteiger partial charge >= 0.3 is 0 Å². The summed E-state index contributed by atoms with van der Waals surface area (Å²) in [6, 6.07) is 6.06. The van der Waals surface area contributed by atoms with Gasteiger partial charge in [0.1, 0.15) is 0 Å². The van der Waals surface area contributed by atoms with E-state index in [1.54, 1.807) is 14.2 Å². The number of nitrogens with one attached hydrogen (secondary N) is 2. The molecule has 1 fully saturated rings. The first-order valence-corrected chi connectivity index (χ1v) is 6.79. The van der Waals surface area contributed by atoms with Gasteiger partial charge in [-0.15, -0.1) is 0 Å². The Kier molecular flexibility index (Phi) is 4.66. The maximum absolute atomic E-state index is 5.31. The first kappa shape index (κ1) is 14.2. The van der Waals surface area contributed by atoms with Gasteiger partial charge in [-0.05, 0) is 43.0 Å². The quantitative estimate of drug-likeness (QED) is 0.751. The lowest BCUT2D eigenvalue weighted by Crippen LogP contribution is -2.31. The maximum atomic E-state index is 5.31. The second-order valence-electron chi connectivity index (χ2n) is 5.32. The molecule has 0 aromatic heterocycles. The van der Waals surface area contributed by atoms with Crippen LogP contribution in [0, 0.1) is 5.41 Å². The van der Waals surface area contributed by atoms with Crippen LogP contribution in [0.15, 0.2) is 18.2 Å². The second kappa shape index (κ2) is 6.26. The van der Waals surface area contributed by atoms with Crippen molar-refractivity contribution in [2.75, 3.05) is 34.4 Å². The van der Waals surface area contributed by atoms with E-state index in [1.807, 2.05) is 19.2 Å². The standard InChI is InChI=1S/C15H24N2O2/c1-16-10-15(6-7-15)11-17-9-12-4-5-13(18-2)14(8-12)19-3/h4-5,8,16-17H,6-7,9-11H2,1-3H3. The molecule has 1 aliphatic carbocycles. The molecule has 2 rings (SSSR count). The largest absolute Gasteiger partial charge is 0.493 e. The molecule has 0 unspecified atom stereocenters. The minimum absolute atomic E-state index is 0.491. The molecule has 106 valence electrons. The van der Waals surface area contributed by atoms with Crippen LogP contribution < -0.4 is 20.1 Å². The number of hydrogen-bond donors (Lipinski definition) is 2. The van der Waals surface area contributed by atoms with Crippen molar-refractivity contribution in [3.05, 3.63) is 23.8 Å². The average Bonchev–Trinajstić information content (AvgIpc) is 3.19. The van der Waals surface area contributed by atoms with Crippen LogP contribution in [0.3, 0.4) is 0 Å². The minimum Gasteiger partial charge on any atom is -0.493 e. The Morgan fingerprint density at radius 3 is 2.42 bits per heavy atom. The van der Waals surface area contributed by atoms with Gasteiger partial charge < -0.3 is 20.1 Å². The van der Waals surface area contributed by atoms with Crippen molar-refractivity contribution in [1.29, 1.82) is 0 Å². The Bertz CT molecular complexity index is 417. The molecular weight excluding hydrogens is 240 g/mol.